The number of likely N-dealkylation sites (tertiary alicyclic amines) is 1. The molecule has 1 aromatic heterocycles. The molecule has 1 aromatic carbocycles. The first-order valence-electron chi connectivity index (χ1n) is 12.3. The largest absolute Gasteiger partial charge is 0.443 e. The zero-order valence-corrected chi connectivity index (χ0v) is 19.7. The lowest BCUT2D eigenvalue weighted by Crippen LogP contribution is -2.48. The minimum atomic E-state index is -1.03. The Balaban J connectivity index is 1.18. The molecule has 3 fully saturated rings. The third kappa shape index (κ3) is 4.87. The van der Waals surface area contributed by atoms with Gasteiger partial charge in [-0.1, -0.05) is 12.1 Å². The average molecular weight is 485 g/mol. The summed E-state index contributed by atoms with van der Waals surface area (Å²) in [7, 11) is 0. The van der Waals surface area contributed by atoms with Crippen LogP contribution in [-0.2, 0) is 4.74 Å². The van der Waals surface area contributed by atoms with Crippen LogP contribution < -0.4 is 5.32 Å². The number of nitrogens with one attached hydrogen (secondary N) is 1. The van der Waals surface area contributed by atoms with E-state index in [4.69, 9.17) is 4.74 Å². The molecule has 1 N–H and O–H groups in total. The maximum Gasteiger partial charge on any atom is 0.419 e. The lowest BCUT2D eigenvalue weighted by Gasteiger charge is -2.34. The molecule has 2 unspecified atom stereocenters. The number of carbonyl (C=O) groups is 2. The second kappa shape index (κ2) is 9.89. The van der Waals surface area contributed by atoms with Crippen molar-refractivity contribution < 1.29 is 23.1 Å². The number of cyclic esters (lactones) is 1. The zero-order chi connectivity index (χ0) is 24.5. The normalized spacial score (nSPS) is 29.3. The monoisotopic (exact) mass is 484 g/mol. The van der Waals surface area contributed by atoms with Crippen LogP contribution in [0.25, 0.3) is 0 Å². The Hall–Kier alpha value is -3.07. The number of benzene rings is 1. The maximum atomic E-state index is 13.8. The molecule has 35 heavy (non-hydrogen) atoms. The number of rotatable bonds is 4. The van der Waals surface area contributed by atoms with E-state index in [0.717, 1.165) is 62.2 Å². The summed E-state index contributed by atoms with van der Waals surface area (Å²) in [6, 6.07) is 8.45. The Morgan fingerprint density at radius 1 is 1.09 bits per heavy atom. The number of halogens is 2. The van der Waals surface area contributed by atoms with Gasteiger partial charge in [-0.05, 0) is 68.9 Å². The lowest BCUT2D eigenvalue weighted by atomic mass is 9.83. The third-order valence-electron chi connectivity index (χ3n) is 7.58. The van der Waals surface area contributed by atoms with Gasteiger partial charge >= 0.3 is 12.1 Å². The second-order valence-electron chi connectivity index (χ2n) is 9.77. The summed E-state index contributed by atoms with van der Waals surface area (Å²) < 4.78 is 32.5. The number of hydrogen-bond donors (Lipinski definition) is 1. The molecule has 0 radical (unpaired) electrons. The fourth-order valence-electron chi connectivity index (χ4n) is 5.76. The number of hydrogen-bond acceptors (Lipinski definition) is 5. The average Bonchev–Trinajstić information content (AvgIpc) is 3.44. The van der Waals surface area contributed by atoms with Gasteiger partial charge in [-0.15, -0.1) is 0 Å². The van der Waals surface area contributed by atoms with E-state index in [1.165, 1.54) is 11.8 Å². The smallest absolute Gasteiger partial charge is 0.419 e. The van der Waals surface area contributed by atoms with Gasteiger partial charge in [0.2, 0.25) is 0 Å². The summed E-state index contributed by atoms with van der Waals surface area (Å²) in [5.41, 5.74) is 1.48. The van der Waals surface area contributed by atoms with Gasteiger partial charge in [0.25, 0.3) is 0 Å². The van der Waals surface area contributed by atoms with E-state index in [2.05, 4.69) is 21.3 Å². The van der Waals surface area contributed by atoms with Gasteiger partial charge in [-0.2, -0.15) is 0 Å². The van der Waals surface area contributed by atoms with Crippen LogP contribution in [0.3, 0.4) is 0 Å². The Labute approximate surface area is 203 Å². The van der Waals surface area contributed by atoms with Crippen molar-refractivity contribution in [3.05, 3.63) is 65.5 Å². The van der Waals surface area contributed by atoms with Gasteiger partial charge in [0.15, 0.2) is 11.6 Å². The molecule has 1 aliphatic carbocycles. The van der Waals surface area contributed by atoms with Gasteiger partial charge < -0.3 is 10.1 Å². The highest BCUT2D eigenvalue weighted by atomic mass is 19.2. The van der Waals surface area contributed by atoms with Crippen molar-refractivity contribution in [2.75, 3.05) is 13.1 Å². The summed E-state index contributed by atoms with van der Waals surface area (Å²) in [5.74, 6) is -1.51. The SMILES string of the molecule is CC1OC(=O)N(C(=O)N[C@@H]2CCN(C3CCC(c4ccccn4)CC3)C2)C1c1ccc(F)c(F)c1. The molecular formula is C26H30F2N4O3. The highest BCUT2D eigenvalue weighted by Gasteiger charge is 2.45. The van der Waals surface area contributed by atoms with Gasteiger partial charge in [0, 0.05) is 43.0 Å². The van der Waals surface area contributed by atoms with Crippen LogP contribution in [-0.4, -0.2) is 58.2 Å². The third-order valence-corrected chi connectivity index (χ3v) is 7.58. The molecule has 9 heteroatoms. The summed E-state index contributed by atoms with van der Waals surface area (Å²) in [6.07, 6.45) is 5.57. The quantitative estimate of drug-likeness (QED) is 0.678. The number of pyridine rings is 1. The lowest BCUT2D eigenvalue weighted by molar-refractivity contribution is 0.137. The number of aromatic nitrogens is 1. The minimum Gasteiger partial charge on any atom is -0.443 e. The summed E-state index contributed by atoms with van der Waals surface area (Å²) >= 11 is 0. The molecule has 2 saturated heterocycles. The Morgan fingerprint density at radius 3 is 2.60 bits per heavy atom. The standard InChI is InChI=1S/C26H30F2N4O3/c1-16-24(18-7-10-21(27)22(28)14-18)32(26(34)35-16)25(33)30-19-11-13-31(15-19)20-8-5-17(6-9-20)23-4-2-3-12-29-23/h2-4,7,10,12,14,16-17,19-20,24H,5-6,8-9,11,13,15H2,1H3,(H,30,33)/t16?,17?,19-,20?,24?/m1/s1. The van der Waals surface area contributed by atoms with Crippen LogP contribution in [0.2, 0.25) is 0 Å². The van der Waals surface area contributed by atoms with Gasteiger partial charge in [-0.25, -0.2) is 23.3 Å². The predicted molar refractivity (Wildman–Crippen MR) is 125 cm³/mol. The first-order valence-corrected chi connectivity index (χ1v) is 12.3. The van der Waals surface area contributed by atoms with Crippen molar-refractivity contribution in [1.29, 1.82) is 0 Å². The molecule has 3 heterocycles. The first-order chi connectivity index (χ1) is 16.9. The fourth-order valence-corrected chi connectivity index (χ4v) is 5.76. The molecule has 0 spiro atoms. The number of nitrogens with zero attached hydrogens (tertiary/aromatic N) is 3. The molecule has 3 amide bonds. The van der Waals surface area contributed by atoms with Crippen LogP contribution in [0.5, 0.6) is 0 Å². The van der Waals surface area contributed by atoms with Crippen molar-refractivity contribution >= 4 is 12.1 Å². The van der Waals surface area contributed by atoms with E-state index in [1.54, 1.807) is 6.92 Å². The van der Waals surface area contributed by atoms with Crippen molar-refractivity contribution in [2.45, 2.75) is 69.2 Å². The van der Waals surface area contributed by atoms with E-state index >= 15 is 0 Å². The van der Waals surface area contributed by atoms with Crippen LogP contribution in [0.15, 0.2) is 42.6 Å². The summed E-state index contributed by atoms with van der Waals surface area (Å²) in [4.78, 5) is 33.5. The molecular weight excluding hydrogens is 454 g/mol. The highest BCUT2D eigenvalue weighted by Crippen LogP contribution is 2.36. The topological polar surface area (TPSA) is 74.8 Å². The van der Waals surface area contributed by atoms with E-state index in [9.17, 15) is 18.4 Å². The van der Waals surface area contributed by atoms with Crippen LogP contribution in [0.1, 0.15) is 62.2 Å². The zero-order valence-electron chi connectivity index (χ0n) is 19.7. The Morgan fingerprint density at radius 2 is 1.89 bits per heavy atom. The van der Waals surface area contributed by atoms with E-state index < -0.39 is 35.9 Å². The van der Waals surface area contributed by atoms with Crippen LogP contribution in [0.4, 0.5) is 18.4 Å². The molecule has 186 valence electrons. The molecule has 3 aliphatic rings. The van der Waals surface area contributed by atoms with Crippen molar-refractivity contribution in [1.82, 2.24) is 20.1 Å². The van der Waals surface area contributed by atoms with Gasteiger partial charge in [0.1, 0.15) is 12.1 Å². The van der Waals surface area contributed by atoms with Crippen LogP contribution in [0, 0.1) is 11.6 Å². The Kier molecular flexibility index (Phi) is 6.69. The van der Waals surface area contributed by atoms with Crippen molar-refractivity contribution in [3.63, 3.8) is 0 Å². The van der Waals surface area contributed by atoms with E-state index in [1.807, 2.05) is 18.3 Å². The van der Waals surface area contributed by atoms with Crippen LogP contribution >= 0.6 is 0 Å². The number of carbonyl (C=O) groups excluding carboxylic acids is 2. The van der Waals surface area contributed by atoms with Gasteiger partial charge in [0.05, 0.1) is 0 Å². The summed E-state index contributed by atoms with van der Waals surface area (Å²) in [6.45, 7) is 3.24. The highest BCUT2D eigenvalue weighted by molar-refractivity contribution is 5.93. The molecule has 0 bridgehead atoms. The molecule has 5 rings (SSSR count). The predicted octanol–water partition coefficient (Wildman–Crippen LogP) is 4.75. The first kappa shape index (κ1) is 23.7. The minimum absolute atomic E-state index is 0.0923. The number of urea groups is 1. The summed E-state index contributed by atoms with van der Waals surface area (Å²) in [5, 5.41) is 2.97. The number of imide groups is 1. The van der Waals surface area contributed by atoms with Gasteiger partial charge in [-0.3, -0.25) is 9.88 Å². The molecule has 2 aliphatic heterocycles. The molecule has 1 saturated carbocycles. The fraction of sp³-hybridized carbons (Fsp3) is 0.500. The van der Waals surface area contributed by atoms with E-state index in [-0.39, 0.29) is 6.04 Å². The molecule has 3 atom stereocenters. The second-order valence-corrected chi connectivity index (χ2v) is 9.77. The molecule has 2 aromatic rings. The maximum absolute atomic E-state index is 13.8. The number of amides is 3. The van der Waals surface area contributed by atoms with Crippen molar-refractivity contribution in [3.8, 4) is 0 Å². The van der Waals surface area contributed by atoms with E-state index in [0.29, 0.717) is 17.5 Å². The number of ether oxygens (including phenoxy) is 1. The Bertz CT molecular complexity index is 1080. The van der Waals surface area contributed by atoms with Crippen molar-refractivity contribution in [2.24, 2.45) is 0 Å². The molecule has 7 nitrogen and oxygen atoms in total.